The van der Waals surface area contributed by atoms with Gasteiger partial charge in [0.15, 0.2) is 0 Å². The molecule has 108 valence electrons. The van der Waals surface area contributed by atoms with Crippen LogP contribution < -0.4 is 10.6 Å². The minimum Gasteiger partial charge on any atom is -0.395 e. The van der Waals surface area contributed by atoms with Crippen molar-refractivity contribution in [3.63, 3.8) is 0 Å². The van der Waals surface area contributed by atoms with Crippen LogP contribution in [0.2, 0.25) is 0 Å². The normalized spacial score (nSPS) is 47.2. The minimum atomic E-state index is -0.108. The predicted octanol–water partition coefficient (Wildman–Crippen LogP) is 2.03. The zero-order valence-electron chi connectivity index (χ0n) is 12.1. The highest BCUT2D eigenvalue weighted by molar-refractivity contribution is 5.74. The number of rotatable bonds is 3. The molecule has 0 aromatic heterocycles. The van der Waals surface area contributed by atoms with E-state index in [-0.39, 0.29) is 18.2 Å². The summed E-state index contributed by atoms with van der Waals surface area (Å²) in [6, 6.07) is -0.108. The van der Waals surface area contributed by atoms with E-state index in [0.29, 0.717) is 17.4 Å². The van der Waals surface area contributed by atoms with Gasteiger partial charge in [0.05, 0.1) is 6.61 Å². The van der Waals surface area contributed by atoms with Crippen LogP contribution in [0, 0.1) is 16.7 Å². The summed E-state index contributed by atoms with van der Waals surface area (Å²) in [5, 5.41) is 14.8. The molecule has 0 aliphatic heterocycles. The van der Waals surface area contributed by atoms with Crippen LogP contribution >= 0.6 is 0 Å². The van der Waals surface area contributed by atoms with E-state index >= 15 is 0 Å². The fraction of sp³-hybridized carbons (Fsp3) is 0.933. The lowest BCUT2D eigenvalue weighted by Crippen LogP contribution is -2.66. The first-order valence-corrected chi connectivity index (χ1v) is 7.53. The fourth-order valence-corrected chi connectivity index (χ4v) is 6.04. The number of hydrogen-bond acceptors (Lipinski definition) is 2. The Kier molecular flexibility index (Phi) is 2.86. The standard InChI is InChI=1S/C15H26N2O2/c1-13-5-11-6-14(2,8-13)10-15(7-11,9-13)17-12(19)16-3-4-18/h11,18H,3-10H2,1-2H3,(H2,16,17,19). The van der Waals surface area contributed by atoms with Crippen LogP contribution in [0.5, 0.6) is 0 Å². The molecule has 0 heterocycles. The lowest BCUT2D eigenvalue weighted by atomic mass is 9.43. The van der Waals surface area contributed by atoms with Gasteiger partial charge < -0.3 is 15.7 Å². The molecule has 3 N–H and O–H groups in total. The molecule has 0 aromatic carbocycles. The number of aliphatic hydroxyl groups is 1. The Bertz CT molecular complexity index is 378. The number of hydrogen-bond donors (Lipinski definition) is 3. The first-order chi connectivity index (χ1) is 8.86. The molecule has 2 unspecified atom stereocenters. The molecule has 4 heteroatoms. The van der Waals surface area contributed by atoms with Gasteiger partial charge in [-0.15, -0.1) is 0 Å². The second-order valence-corrected chi connectivity index (χ2v) is 8.01. The molecule has 4 nitrogen and oxygen atoms in total. The Labute approximate surface area is 115 Å². The largest absolute Gasteiger partial charge is 0.395 e. The first-order valence-electron chi connectivity index (χ1n) is 7.53. The third-order valence-corrected chi connectivity index (χ3v) is 5.40. The number of carbonyl (C=O) groups excluding carboxylic acids is 1. The summed E-state index contributed by atoms with van der Waals surface area (Å²) < 4.78 is 0. The molecule has 2 amide bonds. The molecule has 4 bridgehead atoms. The third-order valence-electron chi connectivity index (χ3n) is 5.40. The minimum absolute atomic E-state index is 0.00151. The van der Waals surface area contributed by atoms with Crippen molar-refractivity contribution in [2.45, 2.75) is 57.9 Å². The van der Waals surface area contributed by atoms with Crippen molar-refractivity contribution in [3.8, 4) is 0 Å². The molecule has 19 heavy (non-hydrogen) atoms. The van der Waals surface area contributed by atoms with Gasteiger partial charge in [0.25, 0.3) is 0 Å². The summed E-state index contributed by atoms with van der Waals surface area (Å²) in [5.41, 5.74) is 0.833. The fourth-order valence-electron chi connectivity index (χ4n) is 6.04. The molecule has 0 spiro atoms. The maximum absolute atomic E-state index is 12.0. The van der Waals surface area contributed by atoms with Gasteiger partial charge in [-0.1, -0.05) is 13.8 Å². The average molecular weight is 266 g/mol. The summed E-state index contributed by atoms with van der Waals surface area (Å²) in [7, 11) is 0. The molecule has 4 saturated carbocycles. The highest BCUT2D eigenvalue weighted by Crippen LogP contribution is 2.66. The summed E-state index contributed by atoms with van der Waals surface area (Å²) in [6.07, 6.45) is 7.38. The van der Waals surface area contributed by atoms with E-state index in [9.17, 15) is 4.79 Å². The average Bonchev–Trinajstić information content (AvgIpc) is 2.20. The van der Waals surface area contributed by atoms with Crippen molar-refractivity contribution in [2.75, 3.05) is 13.2 Å². The topological polar surface area (TPSA) is 61.4 Å². The zero-order chi connectivity index (χ0) is 13.7. The number of carbonyl (C=O) groups is 1. The van der Waals surface area contributed by atoms with Crippen molar-refractivity contribution in [1.82, 2.24) is 10.6 Å². The van der Waals surface area contributed by atoms with E-state index in [4.69, 9.17) is 5.11 Å². The molecule has 0 saturated heterocycles. The molecular formula is C15H26N2O2. The Morgan fingerprint density at radius 3 is 2.32 bits per heavy atom. The lowest BCUT2D eigenvalue weighted by Gasteiger charge is -2.65. The van der Waals surface area contributed by atoms with Crippen molar-refractivity contribution in [3.05, 3.63) is 0 Å². The highest BCUT2D eigenvalue weighted by atomic mass is 16.3. The van der Waals surface area contributed by atoms with Crippen molar-refractivity contribution < 1.29 is 9.90 Å². The first kappa shape index (κ1) is 13.2. The van der Waals surface area contributed by atoms with E-state index < -0.39 is 0 Å². The highest BCUT2D eigenvalue weighted by Gasteiger charge is 2.60. The van der Waals surface area contributed by atoms with Gasteiger partial charge in [0.2, 0.25) is 0 Å². The Morgan fingerprint density at radius 2 is 1.79 bits per heavy atom. The molecule has 0 radical (unpaired) electrons. The molecule has 4 aliphatic carbocycles. The van der Waals surface area contributed by atoms with Crippen LogP contribution in [0.3, 0.4) is 0 Å². The van der Waals surface area contributed by atoms with E-state index in [1.54, 1.807) is 0 Å². The SMILES string of the molecule is CC12CC3CC(C)(C1)CC(NC(=O)NCCO)(C3)C2. The monoisotopic (exact) mass is 266 g/mol. The van der Waals surface area contributed by atoms with Gasteiger partial charge in [0, 0.05) is 12.1 Å². The second kappa shape index (κ2) is 4.11. The van der Waals surface area contributed by atoms with Crippen molar-refractivity contribution in [1.29, 1.82) is 0 Å². The number of urea groups is 1. The summed E-state index contributed by atoms with van der Waals surface area (Å²) in [5.74, 6) is 0.782. The maximum atomic E-state index is 12.0. The molecule has 4 rings (SSSR count). The van der Waals surface area contributed by atoms with Gasteiger partial charge >= 0.3 is 6.03 Å². The van der Waals surface area contributed by atoms with E-state index in [1.165, 1.54) is 19.3 Å². The zero-order valence-corrected chi connectivity index (χ0v) is 12.1. The maximum Gasteiger partial charge on any atom is 0.315 e. The van der Waals surface area contributed by atoms with Crippen LogP contribution in [0.4, 0.5) is 4.79 Å². The van der Waals surface area contributed by atoms with Gasteiger partial charge in [-0.05, 0) is 55.3 Å². The quantitative estimate of drug-likeness (QED) is 0.732. The molecule has 2 atom stereocenters. The Balaban J connectivity index is 1.75. The van der Waals surface area contributed by atoms with Gasteiger partial charge in [-0.25, -0.2) is 4.79 Å². The third kappa shape index (κ3) is 2.35. The molecule has 0 aromatic rings. The summed E-state index contributed by atoms with van der Waals surface area (Å²) in [4.78, 5) is 12.0. The van der Waals surface area contributed by atoms with Gasteiger partial charge in [-0.2, -0.15) is 0 Å². The second-order valence-electron chi connectivity index (χ2n) is 8.01. The van der Waals surface area contributed by atoms with Crippen LogP contribution in [-0.4, -0.2) is 29.8 Å². The van der Waals surface area contributed by atoms with Crippen molar-refractivity contribution in [2.24, 2.45) is 16.7 Å². The van der Waals surface area contributed by atoms with E-state index in [1.807, 2.05) is 0 Å². The smallest absolute Gasteiger partial charge is 0.315 e. The number of amides is 2. The van der Waals surface area contributed by atoms with Crippen LogP contribution in [0.25, 0.3) is 0 Å². The van der Waals surface area contributed by atoms with Gasteiger partial charge in [0.1, 0.15) is 0 Å². The van der Waals surface area contributed by atoms with E-state index in [2.05, 4.69) is 24.5 Å². The van der Waals surface area contributed by atoms with Gasteiger partial charge in [-0.3, -0.25) is 0 Å². The molecule has 4 fully saturated rings. The molecular weight excluding hydrogens is 240 g/mol. The Morgan fingerprint density at radius 1 is 1.16 bits per heavy atom. The Hall–Kier alpha value is -0.770. The number of aliphatic hydroxyl groups excluding tert-OH is 1. The number of nitrogens with one attached hydrogen (secondary N) is 2. The lowest BCUT2D eigenvalue weighted by molar-refractivity contribution is -0.113. The van der Waals surface area contributed by atoms with Crippen LogP contribution in [-0.2, 0) is 0 Å². The van der Waals surface area contributed by atoms with Crippen LogP contribution in [0.1, 0.15) is 52.4 Å². The predicted molar refractivity (Wildman–Crippen MR) is 73.8 cm³/mol. The van der Waals surface area contributed by atoms with Crippen LogP contribution in [0.15, 0.2) is 0 Å². The molecule has 4 aliphatic rings. The summed E-state index contributed by atoms with van der Waals surface area (Å²) >= 11 is 0. The van der Waals surface area contributed by atoms with Crippen molar-refractivity contribution >= 4 is 6.03 Å². The van der Waals surface area contributed by atoms with E-state index in [0.717, 1.165) is 25.2 Å². The summed E-state index contributed by atoms with van der Waals surface area (Å²) in [6.45, 7) is 5.13.